The number of rotatable bonds is 10. The van der Waals surface area contributed by atoms with Gasteiger partial charge in [0.1, 0.15) is 5.69 Å². The highest BCUT2D eigenvalue weighted by molar-refractivity contribution is 6.05. The lowest BCUT2D eigenvalue weighted by molar-refractivity contribution is -0.126. The van der Waals surface area contributed by atoms with Gasteiger partial charge < -0.3 is 14.7 Å². The summed E-state index contributed by atoms with van der Waals surface area (Å²) in [5.74, 6) is 0.354. The predicted octanol–water partition coefficient (Wildman–Crippen LogP) is 1.25. The molecule has 9 nitrogen and oxygen atoms in total. The average molecular weight is 427 g/mol. The molecule has 1 aromatic heterocycles. The van der Waals surface area contributed by atoms with Crippen LogP contribution in [0.15, 0.2) is 53.5 Å². The van der Waals surface area contributed by atoms with Crippen molar-refractivity contribution < 1.29 is 14.6 Å². The maximum Gasteiger partial charge on any atom is 0.276 e. The molecule has 0 radical (unpaired) electrons. The van der Waals surface area contributed by atoms with Gasteiger partial charge in [0, 0.05) is 26.2 Å². The summed E-state index contributed by atoms with van der Waals surface area (Å²) >= 11 is 0. The topological polar surface area (TPSA) is 104 Å². The van der Waals surface area contributed by atoms with Crippen LogP contribution in [0.1, 0.15) is 28.7 Å². The molecular formula is C22H30N6O3. The first-order chi connectivity index (χ1) is 15.1. The number of carbonyl (C=O) groups excluding carboxylic acids is 1. The van der Waals surface area contributed by atoms with Gasteiger partial charge in [0.15, 0.2) is 0 Å². The lowest BCUT2D eigenvalue weighted by Gasteiger charge is -2.19. The molecule has 0 fully saturated rings. The van der Waals surface area contributed by atoms with E-state index in [1.165, 1.54) is 0 Å². The number of nitrogens with zero attached hydrogens (tertiary/aromatic N) is 4. The van der Waals surface area contributed by atoms with Crippen molar-refractivity contribution in [2.45, 2.75) is 33.4 Å². The summed E-state index contributed by atoms with van der Waals surface area (Å²) < 4.78 is 7.04. The SMILES string of the molecule is CCn1nc(C)cc1C(=O)NC1=NCCN1C/C=C/CNC(O)OCc1ccccc1. The number of aromatic nitrogens is 2. The molecule has 31 heavy (non-hydrogen) atoms. The highest BCUT2D eigenvalue weighted by Crippen LogP contribution is 2.06. The molecule has 0 spiro atoms. The summed E-state index contributed by atoms with van der Waals surface area (Å²) in [6.07, 6.45) is 2.83. The summed E-state index contributed by atoms with van der Waals surface area (Å²) in [6, 6.07) is 11.5. The second-order valence-electron chi connectivity index (χ2n) is 7.12. The van der Waals surface area contributed by atoms with Crippen molar-refractivity contribution in [2.75, 3.05) is 26.2 Å². The van der Waals surface area contributed by atoms with E-state index in [2.05, 4.69) is 20.7 Å². The minimum Gasteiger partial charge on any atom is -0.356 e. The number of ether oxygens (including phenoxy) is 1. The van der Waals surface area contributed by atoms with Crippen molar-refractivity contribution in [3.05, 3.63) is 65.5 Å². The smallest absolute Gasteiger partial charge is 0.276 e. The van der Waals surface area contributed by atoms with E-state index in [0.29, 0.717) is 44.4 Å². The molecule has 2 aromatic rings. The molecule has 166 valence electrons. The molecule has 2 heterocycles. The van der Waals surface area contributed by atoms with Crippen molar-refractivity contribution >= 4 is 11.9 Å². The Labute approximate surface area is 182 Å². The molecular weight excluding hydrogens is 396 g/mol. The van der Waals surface area contributed by atoms with Gasteiger partial charge in [0.2, 0.25) is 12.4 Å². The molecule has 0 saturated carbocycles. The van der Waals surface area contributed by atoms with Gasteiger partial charge in [-0.2, -0.15) is 5.10 Å². The zero-order valence-electron chi connectivity index (χ0n) is 18.0. The van der Waals surface area contributed by atoms with Gasteiger partial charge in [0.05, 0.1) is 18.8 Å². The molecule has 0 aliphatic carbocycles. The van der Waals surface area contributed by atoms with Crippen LogP contribution in [0, 0.1) is 6.92 Å². The monoisotopic (exact) mass is 426 g/mol. The quantitative estimate of drug-likeness (QED) is 0.390. The fraction of sp³-hybridized carbons (Fsp3) is 0.409. The number of aliphatic imine (C=N–C) groups is 1. The summed E-state index contributed by atoms with van der Waals surface area (Å²) in [7, 11) is 0. The minimum absolute atomic E-state index is 0.211. The Balaban J connectivity index is 1.39. The van der Waals surface area contributed by atoms with Crippen LogP contribution in [0.25, 0.3) is 0 Å². The molecule has 0 saturated heterocycles. The van der Waals surface area contributed by atoms with E-state index in [1.807, 2.05) is 61.2 Å². The Morgan fingerprint density at radius 2 is 2.13 bits per heavy atom. The van der Waals surface area contributed by atoms with Gasteiger partial charge in [-0.05, 0) is 25.5 Å². The standard InChI is InChI=1S/C22H30N6O3/c1-3-28-19(15-17(2)26-28)20(29)25-21-23-12-14-27(21)13-8-7-11-24-22(30)31-16-18-9-5-4-6-10-18/h4-10,15,22,24,30H,3,11-14,16H2,1-2H3,(H,23,25,29)/b8-7+. The van der Waals surface area contributed by atoms with E-state index in [1.54, 1.807) is 10.7 Å². The summed E-state index contributed by atoms with van der Waals surface area (Å²) in [6.45, 7) is 7.22. The molecule has 3 N–H and O–H groups in total. The van der Waals surface area contributed by atoms with Gasteiger partial charge in [-0.1, -0.05) is 42.5 Å². The van der Waals surface area contributed by atoms with Crippen LogP contribution < -0.4 is 10.6 Å². The first kappa shape index (κ1) is 22.7. The van der Waals surface area contributed by atoms with E-state index >= 15 is 0 Å². The second-order valence-corrected chi connectivity index (χ2v) is 7.12. The number of benzene rings is 1. The lowest BCUT2D eigenvalue weighted by atomic mass is 10.2. The van der Waals surface area contributed by atoms with Crippen molar-refractivity contribution in [2.24, 2.45) is 4.99 Å². The number of nitrogens with one attached hydrogen (secondary N) is 2. The molecule has 1 unspecified atom stereocenters. The van der Waals surface area contributed by atoms with Crippen LogP contribution in [0.2, 0.25) is 0 Å². The summed E-state index contributed by atoms with van der Waals surface area (Å²) in [5, 5.41) is 19.9. The summed E-state index contributed by atoms with van der Waals surface area (Å²) in [5.41, 5.74) is 2.33. The van der Waals surface area contributed by atoms with Crippen molar-refractivity contribution in [3.8, 4) is 0 Å². The molecule has 1 amide bonds. The van der Waals surface area contributed by atoms with Crippen LogP contribution in [-0.2, 0) is 17.9 Å². The number of aliphatic hydroxyl groups excluding tert-OH is 1. The molecule has 9 heteroatoms. The zero-order valence-corrected chi connectivity index (χ0v) is 18.0. The number of aliphatic hydroxyl groups is 1. The van der Waals surface area contributed by atoms with Crippen molar-refractivity contribution in [1.82, 2.24) is 25.3 Å². The second kappa shape index (κ2) is 11.4. The highest BCUT2D eigenvalue weighted by atomic mass is 16.6. The maximum absolute atomic E-state index is 12.6. The third kappa shape index (κ3) is 6.74. The first-order valence-corrected chi connectivity index (χ1v) is 10.4. The Morgan fingerprint density at radius 3 is 2.90 bits per heavy atom. The van der Waals surface area contributed by atoms with Gasteiger partial charge in [-0.25, -0.2) is 0 Å². The van der Waals surface area contributed by atoms with Crippen LogP contribution in [-0.4, -0.2) is 64.2 Å². The van der Waals surface area contributed by atoms with Gasteiger partial charge >= 0.3 is 0 Å². The van der Waals surface area contributed by atoms with E-state index in [-0.39, 0.29) is 5.91 Å². The number of carbonyl (C=O) groups is 1. The average Bonchev–Trinajstić information content (AvgIpc) is 3.38. The van der Waals surface area contributed by atoms with Crippen LogP contribution in [0.3, 0.4) is 0 Å². The highest BCUT2D eigenvalue weighted by Gasteiger charge is 2.21. The molecule has 1 aliphatic heterocycles. The third-order valence-corrected chi connectivity index (χ3v) is 4.74. The van der Waals surface area contributed by atoms with Gasteiger partial charge in [0.25, 0.3) is 5.91 Å². The molecule has 3 rings (SSSR count). The number of hydrogen-bond acceptors (Lipinski definition) is 7. The van der Waals surface area contributed by atoms with Crippen LogP contribution >= 0.6 is 0 Å². The maximum atomic E-state index is 12.6. The molecule has 1 aromatic carbocycles. The van der Waals surface area contributed by atoms with Crippen LogP contribution in [0.5, 0.6) is 0 Å². The van der Waals surface area contributed by atoms with Gasteiger partial charge in [-0.3, -0.25) is 25.1 Å². The van der Waals surface area contributed by atoms with E-state index < -0.39 is 6.41 Å². The van der Waals surface area contributed by atoms with E-state index in [0.717, 1.165) is 17.8 Å². The largest absolute Gasteiger partial charge is 0.356 e. The number of hydrogen-bond donors (Lipinski definition) is 3. The minimum atomic E-state index is -1.04. The molecule has 0 bridgehead atoms. The first-order valence-electron chi connectivity index (χ1n) is 10.4. The van der Waals surface area contributed by atoms with Crippen molar-refractivity contribution in [3.63, 3.8) is 0 Å². The van der Waals surface area contributed by atoms with Crippen LogP contribution in [0.4, 0.5) is 0 Å². The normalized spacial score (nSPS) is 14.8. The van der Waals surface area contributed by atoms with Gasteiger partial charge in [-0.15, -0.1) is 0 Å². The Morgan fingerprint density at radius 1 is 1.32 bits per heavy atom. The lowest BCUT2D eigenvalue weighted by Crippen LogP contribution is -2.42. The Bertz CT molecular complexity index is 909. The van der Waals surface area contributed by atoms with E-state index in [4.69, 9.17) is 4.74 Å². The Hall–Kier alpha value is -3.01. The number of aryl methyl sites for hydroxylation is 2. The predicted molar refractivity (Wildman–Crippen MR) is 118 cm³/mol. The summed E-state index contributed by atoms with van der Waals surface area (Å²) in [4.78, 5) is 19.0. The third-order valence-electron chi connectivity index (χ3n) is 4.74. The van der Waals surface area contributed by atoms with E-state index in [9.17, 15) is 9.90 Å². The number of guanidine groups is 1. The Kier molecular flexibility index (Phi) is 8.34. The van der Waals surface area contributed by atoms with Crippen molar-refractivity contribution in [1.29, 1.82) is 0 Å². The zero-order chi connectivity index (χ0) is 22.1. The molecule has 1 aliphatic rings. The number of amides is 1. The fourth-order valence-electron chi connectivity index (χ4n) is 3.18. The molecule has 1 atom stereocenters. The fourth-order valence-corrected chi connectivity index (χ4v) is 3.18.